The van der Waals surface area contributed by atoms with Gasteiger partial charge in [-0.1, -0.05) is 0 Å². The third-order valence-electron chi connectivity index (χ3n) is 3.30. The van der Waals surface area contributed by atoms with Gasteiger partial charge in [-0.25, -0.2) is 0 Å². The van der Waals surface area contributed by atoms with E-state index in [1.54, 1.807) is 11.3 Å². The molecule has 2 N–H and O–H groups in total. The Hall–Kier alpha value is 0.0600. The third kappa shape index (κ3) is 3.79. The van der Waals surface area contributed by atoms with Crippen LogP contribution in [0.25, 0.3) is 0 Å². The molecule has 0 aliphatic carbocycles. The smallest absolute Gasteiger partial charge is 0.0761 e. The molecule has 2 rings (SSSR count). The number of hydrogen-bond donors (Lipinski definition) is 1. The van der Waals surface area contributed by atoms with Crippen molar-refractivity contribution in [1.29, 1.82) is 0 Å². The summed E-state index contributed by atoms with van der Waals surface area (Å²) >= 11 is 5.29. The fourth-order valence-electron chi connectivity index (χ4n) is 3.02. The van der Waals surface area contributed by atoms with Crippen LogP contribution in [0.3, 0.4) is 0 Å². The van der Waals surface area contributed by atoms with E-state index in [0.29, 0.717) is 6.54 Å². The first-order chi connectivity index (χ1) is 8.72. The molecule has 1 saturated heterocycles. The van der Waals surface area contributed by atoms with E-state index in [2.05, 4.69) is 60.0 Å². The molecule has 0 spiro atoms. The van der Waals surface area contributed by atoms with Gasteiger partial charge in [-0.05, 0) is 49.7 Å². The average Bonchev–Trinajstić information content (AvgIpc) is 2.61. The van der Waals surface area contributed by atoms with E-state index in [-0.39, 0.29) is 17.2 Å². The summed E-state index contributed by atoms with van der Waals surface area (Å²) in [5.74, 6) is 0. The van der Waals surface area contributed by atoms with Crippen LogP contribution in [0.5, 0.6) is 0 Å². The molecule has 1 aromatic heterocycles. The van der Waals surface area contributed by atoms with Crippen molar-refractivity contribution in [3.63, 3.8) is 0 Å². The highest BCUT2D eigenvalue weighted by Crippen LogP contribution is 2.35. The Kier molecular flexibility index (Phi) is 4.43. The molecular formula is C14H23BrN2OS. The second-order valence-electron chi connectivity index (χ2n) is 6.45. The fourth-order valence-corrected chi connectivity index (χ4v) is 4.61. The lowest BCUT2D eigenvalue weighted by Gasteiger charge is -2.49. The summed E-state index contributed by atoms with van der Waals surface area (Å²) < 4.78 is 7.28. The highest BCUT2D eigenvalue weighted by molar-refractivity contribution is 9.10. The van der Waals surface area contributed by atoms with Crippen LogP contribution in [0.4, 0.5) is 0 Å². The predicted molar refractivity (Wildman–Crippen MR) is 84.6 cm³/mol. The number of thiophene rings is 1. The van der Waals surface area contributed by atoms with Gasteiger partial charge in [0.1, 0.15) is 0 Å². The van der Waals surface area contributed by atoms with Gasteiger partial charge in [0, 0.05) is 34.4 Å². The van der Waals surface area contributed by atoms with Crippen LogP contribution in [0.1, 0.15) is 38.6 Å². The van der Waals surface area contributed by atoms with Crippen LogP contribution < -0.4 is 5.73 Å². The molecule has 1 aliphatic heterocycles. The van der Waals surface area contributed by atoms with Gasteiger partial charge in [0.15, 0.2) is 0 Å². The Morgan fingerprint density at radius 1 is 1.37 bits per heavy atom. The lowest BCUT2D eigenvalue weighted by Crippen LogP contribution is -2.58. The summed E-state index contributed by atoms with van der Waals surface area (Å²) in [6.45, 7) is 11.1. The normalized spacial score (nSPS) is 24.3. The number of morpholine rings is 1. The SMILES string of the molecule is CC1(C)CN(C(CN)c2cc(Br)cs2)CC(C)(C)O1. The first-order valence-corrected chi connectivity index (χ1v) is 8.28. The van der Waals surface area contributed by atoms with Crippen LogP contribution in [0.2, 0.25) is 0 Å². The van der Waals surface area contributed by atoms with E-state index in [4.69, 9.17) is 10.5 Å². The minimum absolute atomic E-state index is 0.135. The van der Waals surface area contributed by atoms with Gasteiger partial charge in [0.25, 0.3) is 0 Å². The number of nitrogens with two attached hydrogens (primary N) is 1. The second-order valence-corrected chi connectivity index (χ2v) is 8.30. The highest BCUT2D eigenvalue weighted by Gasteiger charge is 2.40. The van der Waals surface area contributed by atoms with Gasteiger partial charge < -0.3 is 10.5 Å². The summed E-state index contributed by atoms with van der Waals surface area (Å²) in [7, 11) is 0. The van der Waals surface area contributed by atoms with E-state index in [9.17, 15) is 0 Å². The monoisotopic (exact) mass is 346 g/mol. The number of halogens is 1. The Balaban J connectivity index is 2.23. The molecule has 0 bridgehead atoms. The van der Waals surface area contributed by atoms with Crippen LogP contribution in [-0.4, -0.2) is 35.7 Å². The molecule has 2 heterocycles. The first kappa shape index (κ1) is 15.4. The third-order valence-corrected chi connectivity index (χ3v) is 5.10. The van der Waals surface area contributed by atoms with Gasteiger partial charge in [-0.3, -0.25) is 4.90 Å². The summed E-state index contributed by atoms with van der Waals surface area (Å²) in [4.78, 5) is 3.78. The molecule has 0 aromatic carbocycles. The standard InChI is InChI=1S/C14H23BrN2OS/c1-13(2)8-17(9-14(3,4)18-13)11(6-16)12-5-10(15)7-19-12/h5,7,11H,6,8-9,16H2,1-4H3. The van der Waals surface area contributed by atoms with Crippen LogP contribution >= 0.6 is 27.3 Å². The Morgan fingerprint density at radius 2 is 1.95 bits per heavy atom. The summed E-state index contributed by atoms with van der Waals surface area (Å²) in [6, 6.07) is 2.45. The van der Waals surface area contributed by atoms with Gasteiger partial charge in [0.05, 0.1) is 17.2 Å². The zero-order chi connectivity index (χ0) is 14.3. The minimum Gasteiger partial charge on any atom is -0.367 e. The molecule has 1 atom stereocenters. The van der Waals surface area contributed by atoms with E-state index < -0.39 is 0 Å². The summed E-state index contributed by atoms with van der Waals surface area (Å²) in [5, 5.41) is 2.12. The zero-order valence-electron chi connectivity index (χ0n) is 12.1. The Bertz CT molecular complexity index is 428. The molecule has 1 aromatic rings. The van der Waals surface area contributed by atoms with Gasteiger partial charge in [-0.2, -0.15) is 0 Å². The molecule has 0 saturated carbocycles. The largest absolute Gasteiger partial charge is 0.367 e. The maximum absolute atomic E-state index is 6.14. The molecule has 5 heteroatoms. The predicted octanol–water partition coefficient (Wildman–Crippen LogP) is 3.40. The van der Waals surface area contributed by atoms with Gasteiger partial charge in [0.2, 0.25) is 0 Å². The number of nitrogens with zero attached hydrogens (tertiary/aromatic N) is 1. The molecule has 19 heavy (non-hydrogen) atoms. The van der Waals surface area contributed by atoms with Crippen molar-refractivity contribution < 1.29 is 4.74 Å². The first-order valence-electron chi connectivity index (χ1n) is 6.61. The lowest BCUT2D eigenvalue weighted by atomic mass is 9.97. The number of rotatable bonds is 3. The maximum Gasteiger partial charge on any atom is 0.0761 e. The second kappa shape index (κ2) is 5.45. The molecule has 0 radical (unpaired) electrons. The lowest BCUT2D eigenvalue weighted by molar-refractivity contribution is -0.187. The Morgan fingerprint density at radius 3 is 2.37 bits per heavy atom. The maximum atomic E-state index is 6.14. The molecule has 108 valence electrons. The average molecular weight is 347 g/mol. The van der Waals surface area contributed by atoms with Crippen LogP contribution in [0, 0.1) is 0 Å². The van der Waals surface area contributed by atoms with Gasteiger partial charge >= 0.3 is 0 Å². The zero-order valence-corrected chi connectivity index (χ0v) is 14.5. The fraction of sp³-hybridized carbons (Fsp3) is 0.714. The molecule has 3 nitrogen and oxygen atoms in total. The van der Waals surface area contributed by atoms with Crippen LogP contribution in [-0.2, 0) is 4.74 Å². The van der Waals surface area contributed by atoms with Crippen molar-refractivity contribution in [2.24, 2.45) is 5.73 Å². The quantitative estimate of drug-likeness (QED) is 0.911. The minimum atomic E-state index is -0.135. The van der Waals surface area contributed by atoms with E-state index in [1.165, 1.54) is 4.88 Å². The van der Waals surface area contributed by atoms with Crippen LogP contribution in [0.15, 0.2) is 15.9 Å². The van der Waals surface area contributed by atoms with Crippen molar-refractivity contribution in [1.82, 2.24) is 4.90 Å². The van der Waals surface area contributed by atoms with Crippen molar-refractivity contribution in [3.8, 4) is 0 Å². The molecule has 0 amide bonds. The molecular weight excluding hydrogens is 324 g/mol. The number of ether oxygens (including phenoxy) is 1. The number of hydrogen-bond acceptors (Lipinski definition) is 4. The summed E-state index contributed by atoms with van der Waals surface area (Å²) in [5.41, 5.74) is 5.76. The van der Waals surface area contributed by atoms with Gasteiger partial charge in [-0.15, -0.1) is 11.3 Å². The van der Waals surface area contributed by atoms with Crippen molar-refractivity contribution >= 4 is 27.3 Å². The molecule has 1 aliphatic rings. The molecule has 1 unspecified atom stereocenters. The van der Waals surface area contributed by atoms with Crippen molar-refractivity contribution in [2.75, 3.05) is 19.6 Å². The van der Waals surface area contributed by atoms with E-state index in [0.717, 1.165) is 17.6 Å². The Labute approximate surface area is 128 Å². The van der Waals surface area contributed by atoms with Crippen molar-refractivity contribution in [3.05, 3.63) is 20.8 Å². The highest BCUT2D eigenvalue weighted by atomic mass is 79.9. The topological polar surface area (TPSA) is 38.5 Å². The molecule has 1 fully saturated rings. The van der Waals surface area contributed by atoms with Crippen molar-refractivity contribution in [2.45, 2.75) is 44.9 Å². The van der Waals surface area contributed by atoms with E-state index >= 15 is 0 Å². The summed E-state index contributed by atoms with van der Waals surface area (Å²) in [6.07, 6.45) is 0. The van der Waals surface area contributed by atoms with E-state index in [1.807, 2.05) is 0 Å².